The minimum atomic E-state index is -0.238. The molecule has 0 aliphatic carbocycles. The number of hydrogen-bond acceptors (Lipinski definition) is 4. The summed E-state index contributed by atoms with van der Waals surface area (Å²) in [5.41, 5.74) is 2.03. The highest BCUT2D eigenvalue weighted by atomic mass is 16.1. The van der Waals surface area contributed by atoms with E-state index in [0.717, 1.165) is 11.4 Å². The second-order valence-electron chi connectivity index (χ2n) is 4.61. The topological polar surface area (TPSA) is 66.9 Å². The lowest BCUT2D eigenvalue weighted by atomic mass is 10.3. The highest BCUT2D eigenvalue weighted by Gasteiger charge is 2.07. The molecule has 0 spiro atoms. The number of amides is 1. The maximum atomic E-state index is 12.1. The first-order valence-corrected chi connectivity index (χ1v) is 6.82. The summed E-state index contributed by atoms with van der Waals surface area (Å²) in [7, 11) is 0. The van der Waals surface area contributed by atoms with Crippen molar-refractivity contribution < 1.29 is 4.79 Å². The van der Waals surface area contributed by atoms with Gasteiger partial charge in [0, 0.05) is 23.8 Å². The number of anilines is 3. The maximum Gasteiger partial charge on any atom is 0.258 e. The van der Waals surface area contributed by atoms with E-state index in [2.05, 4.69) is 20.6 Å². The Hall–Kier alpha value is -3.21. The molecule has 2 aromatic carbocycles. The fraction of sp³-hybridized carbons (Fsp3) is 0. The summed E-state index contributed by atoms with van der Waals surface area (Å²) in [5.74, 6) is 0.208. The predicted molar refractivity (Wildman–Crippen MR) is 86.2 cm³/mol. The van der Waals surface area contributed by atoms with Crippen LogP contribution in [0.15, 0.2) is 73.1 Å². The van der Waals surface area contributed by atoms with Crippen molar-refractivity contribution in [2.24, 2.45) is 0 Å². The SMILES string of the molecule is O=C(Nc1ccccc1)c1cnc(Nc2ccccc2)nc1. The fourth-order valence-corrected chi connectivity index (χ4v) is 1.89. The number of nitrogens with zero attached hydrogens (tertiary/aromatic N) is 2. The Balaban J connectivity index is 1.67. The van der Waals surface area contributed by atoms with Crippen molar-refractivity contribution in [3.05, 3.63) is 78.6 Å². The maximum absolute atomic E-state index is 12.1. The number of hydrogen-bond donors (Lipinski definition) is 2. The van der Waals surface area contributed by atoms with E-state index in [9.17, 15) is 4.79 Å². The van der Waals surface area contributed by atoms with Crippen LogP contribution >= 0.6 is 0 Å². The number of aromatic nitrogens is 2. The molecule has 108 valence electrons. The summed E-state index contributed by atoms with van der Waals surface area (Å²) in [5, 5.41) is 5.85. The molecule has 1 aromatic heterocycles. The van der Waals surface area contributed by atoms with Crippen molar-refractivity contribution in [1.29, 1.82) is 0 Å². The van der Waals surface area contributed by atoms with Gasteiger partial charge in [-0.2, -0.15) is 0 Å². The Morgan fingerprint density at radius 2 is 1.32 bits per heavy atom. The molecule has 0 fully saturated rings. The Kier molecular flexibility index (Phi) is 4.06. The van der Waals surface area contributed by atoms with Gasteiger partial charge < -0.3 is 10.6 Å². The molecule has 3 aromatic rings. The average molecular weight is 290 g/mol. The number of benzene rings is 2. The van der Waals surface area contributed by atoms with E-state index in [1.54, 1.807) is 0 Å². The average Bonchev–Trinajstić information content (AvgIpc) is 2.57. The largest absolute Gasteiger partial charge is 0.324 e. The van der Waals surface area contributed by atoms with E-state index in [1.807, 2.05) is 60.7 Å². The molecule has 5 nitrogen and oxygen atoms in total. The number of carbonyl (C=O) groups is 1. The molecule has 1 heterocycles. The highest BCUT2D eigenvalue weighted by molar-refractivity contribution is 6.03. The van der Waals surface area contributed by atoms with Crippen LogP contribution < -0.4 is 10.6 Å². The van der Waals surface area contributed by atoms with Gasteiger partial charge in [0.2, 0.25) is 5.95 Å². The van der Waals surface area contributed by atoms with Crippen molar-refractivity contribution in [2.75, 3.05) is 10.6 Å². The minimum Gasteiger partial charge on any atom is -0.324 e. The monoisotopic (exact) mass is 290 g/mol. The van der Waals surface area contributed by atoms with Crippen molar-refractivity contribution in [1.82, 2.24) is 9.97 Å². The van der Waals surface area contributed by atoms with Gasteiger partial charge >= 0.3 is 0 Å². The number of carbonyl (C=O) groups excluding carboxylic acids is 1. The van der Waals surface area contributed by atoms with Crippen molar-refractivity contribution in [3.8, 4) is 0 Å². The fourth-order valence-electron chi connectivity index (χ4n) is 1.89. The molecule has 22 heavy (non-hydrogen) atoms. The zero-order valence-corrected chi connectivity index (χ0v) is 11.7. The van der Waals surface area contributed by atoms with Crippen LogP contribution in [0.5, 0.6) is 0 Å². The van der Waals surface area contributed by atoms with Crippen LogP contribution in [0.25, 0.3) is 0 Å². The van der Waals surface area contributed by atoms with E-state index < -0.39 is 0 Å². The molecule has 0 atom stereocenters. The Morgan fingerprint density at radius 3 is 1.91 bits per heavy atom. The molecule has 0 saturated carbocycles. The highest BCUT2D eigenvalue weighted by Crippen LogP contribution is 2.12. The van der Waals surface area contributed by atoms with Gasteiger partial charge in [-0.15, -0.1) is 0 Å². The lowest BCUT2D eigenvalue weighted by Gasteiger charge is -2.06. The quantitative estimate of drug-likeness (QED) is 0.772. The summed E-state index contributed by atoms with van der Waals surface area (Å²) in [6, 6.07) is 18.9. The van der Waals surface area contributed by atoms with Gasteiger partial charge in [-0.1, -0.05) is 36.4 Å². The lowest BCUT2D eigenvalue weighted by Crippen LogP contribution is -2.12. The molecule has 0 saturated heterocycles. The zero-order valence-electron chi connectivity index (χ0n) is 11.7. The first-order chi connectivity index (χ1) is 10.8. The summed E-state index contributed by atoms with van der Waals surface area (Å²) in [6.45, 7) is 0. The Labute approximate surface area is 128 Å². The van der Waals surface area contributed by atoms with Gasteiger partial charge in [0.25, 0.3) is 5.91 Å². The van der Waals surface area contributed by atoms with Gasteiger partial charge in [0.15, 0.2) is 0 Å². The van der Waals surface area contributed by atoms with E-state index in [1.165, 1.54) is 12.4 Å². The number of para-hydroxylation sites is 2. The van der Waals surface area contributed by atoms with Crippen LogP contribution in [0.1, 0.15) is 10.4 Å². The molecular weight excluding hydrogens is 276 g/mol. The molecule has 5 heteroatoms. The number of nitrogens with one attached hydrogen (secondary N) is 2. The summed E-state index contributed by atoms with van der Waals surface area (Å²) in [6.07, 6.45) is 2.99. The van der Waals surface area contributed by atoms with E-state index >= 15 is 0 Å². The van der Waals surface area contributed by atoms with Gasteiger partial charge in [-0.05, 0) is 24.3 Å². The second-order valence-corrected chi connectivity index (χ2v) is 4.61. The van der Waals surface area contributed by atoms with E-state index in [4.69, 9.17) is 0 Å². The van der Waals surface area contributed by atoms with Crippen molar-refractivity contribution >= 4 is 23.2 Å². The third-order valence-corrected chi connectivity index (χ3v) is 2.98. The second kappa shape index (κ2) is 6.49. The Bertz CT molecular complexity index is 743. The van der Waals surface area contributed by atoms with Gasteiger partial charge in [-0.3, -0.25) is 4.79 Å². The van der Waals surface area contributed by atoms with E-state index in [0.29, 0.717) is 11.5 Å². The molecule has 1 amide bonds. The standard InChI is InChI=1S/C17H14N4O/c22-16(20-14-7-3-1-4-8-14)13-11-18-17(19-12-13)21-15-9-5-2-6-10-15/h1-12H,(H,20,22)(H,18,19,21). The smallest absolute Gasteiger partial charge is 0.258 e. The van der Waals surface area contributed by atoms with Crippen molar-refractivity contribution in [3.63, 3.8) is 0 Å². The van der Waals surface area contributed by atoms with Crippen LogP contribution in [0, 0.1) is 0 Å². The number of rotatable bonds is 4. The third-order valence-electron chi connectivity index (χ3n) is 2.98. The minimum absolute atomic E-state index is 0.238. The summed E-state index contributed by atoms with van der Waals surface area (Å²) >= 11 is 0. The first-order valence-electron chi connectivity index (χ1n) is 6.82. The third kappa shape index (κ3) is 3.46. The molecule has 0 unspecified atom stereocenters. The van der Waals surface area contributed by atoms with Gasteiger partial charge in [0.1, 0.15) is 0 Å². The van der Waals surface area contributed by atoms with Crippen LogP contribution in [0.3, 0.4) is 0 Å². The van der Waals surface area contributed by atoms with E-state index in [-0.39, 0.29) is 5.91 Å². The summed E-state index contributed by atoms with van der Waals surface area (Å²) in [4.78, 5) is 20.4. The van der Waals surface area contributed by atoms with Crippen LogP contribution in [-0.4, -0.2) is 15.9 Å². The lowest BCUT2D eigenvalue weighted by molar-refractivity contribution is 0.102. The van der Waals surface area contributed by atoms with Crippen LogP contribution in [-0.2, 0) is 0 Å². The normalized spacial score (nSPS) is 10.0. The van der Waals surface area contributed by atoms with Crippen LogP contribution in [0.4, 0.5) is 17.3 Å². The summed E-state index contributed by atoms with van der Waals surface area (Å²) < 4.78 is 0. The molecule has 0 aliphatic rings. The molecular formula is C17H14N4O. The van der Waals surface area contributed by atoms with Crippen LogP contribution in [0.2, 0.25) is 0 Å². The predicted octanol–water partition coefficient (Wildman–Crippen LogP) is 3.47. The van der Waals surface area contributed by atoms with Gasteiger partial charge in [-0.25, -0.2) is 9.97 Å². The molecule has 0 radical (unpaired) electrons. The Morgan fingerprint density at radius 1 is 0.773 bits per heavy atom. The van der Waals surface area contributed by atoms with Gasteiger partial charge in [0.05, 0.1) is 5.56 Å². The van der Waals surface area contributed by atoms with Crippen molar-refractivity contribution in [2.45, 2.75) is 0 Å². The first kappa shape index (κ1) is 13.8. The molecule has 0 bridgehead atoms. The zero-order chi connectivity index (χ0) is 15.2. The molecule has 2 N–H and O–H groups in total. The molecule has 0 aliphatic heterocycles. The molecule has 3 rings (SSSR count).